The lowest BCUT2D eigenvalue weighted by Crippen LogP contribution is -2.16. The highest BCUT2D eigenvalue weighted by Gasteiger charge is 2.43. The van der Waals surface area contributed by atoms with Crippen LogP contribution in [0.2, 0.25) is 5.02 Å². The molecule has 114 valence electrons. The highest BCUT2D eigenvalue weighted by Crippen LogP contribution is 2.49. The van der Waals surface area contributed by atoms with Crippen LogP contribution in [-0.2, 0) is 6.54 Å². The molecule has 2 rings (SSSR count). The number of halogens is 1. The highest BCUT2D eigenvalue weighted by molar-refractivity contribution is 6.30. The number of rotatable bonds is 8. The average molecular weight is 309 g/mol. The van der Waals surface area contributed by atoms with Gasteiger partial charge in [-0.2, -0.15) is 5.26 Å². The fraction of sp³-hybridized carbons (Fsp3) is 0.562. The number of benzene rings is 1. The third-order valence-corrected chi connectivity index (χ3v) is 4.03. The van der Waals surface area contributed by atoms with E-state index >= 15 is 0 Å². The quantitative estimate of drug-likeness (QED) is 0.798. The van der Waals surface area contributed by atoms with Crippen LogP contribution in [0.15, 0.2) is 12.1 Å². The van der Waals surface area contributed by atoms with Gasteiger partial charge in [0, 0.05) is 35.0 Å². The van der Waals surface area contributed by atoms with Crippen molar-refractivity contribution < 1.29 is 9.47 Å². The molecule has 0 radical (unpaired) electrons. The molecule has 0 saturated heterocycles. The Morgan fingerprint density at radius 2 is 2.19 bits per heavy atom. The Labute approximate surface area is 131 Å². The molecule has 0 heterocycles. The average Bonchev–Trinajstić information content (AvgIpc) is 3.23. The van der Waals surface area contributed by atoms with Crippen molar-refractivity contribution >= 4 is 11.6 Å². The molecule has 4 nitrogen and oxygen atoms in total. The van der Waals surface area contributed by atoms with Crippen LogP contribution in [0.1, 0.15) is 31.7 Å². The maximum Gasteiger partial charge on any atom is 0.165 e. The Balaban J connectivity index is 2.17. The van der Waals surface area contributed by atoms with Gasteiger partial charge in [-0.25, -0.2) is 0 Å². The van der Waals surface area contributed by atoms with Gasteiger partial charge in [0.25, 0.3) is 0 Å². The Morgan fingerprint density at radius 3 is 2.76 bits per heavy atom. The van der Waals surface area contributed by atoms with Gasteiger partial charge in [-0.3, -0.25) is 0 Å². The van der Waals surface area contributed by atoms with Crippen molar-refractivity contribution in [2.24, 2.45) is 5.41 Å². The molecule has 1 aromatic rings. The summed E-state index contributed by atoms with van der Waals surface area (Å²) < 4.78 is 11.4. The van der Waals surface area contributed by atoms with Gasteiger partial charge in [0.05, 0.1) is 19.8 Å². The minimum Gasteiger partial charge on any atom is -0.493 e. The van der Waals surface area contributed by atoms with Gasteiger partial charge in [-0.15, -0.1) is 0 Å². The summed E-state index contributed by atoms with van der Waals surface area (Å²) in [6.07, 6.45) is 2.66. The van der Waals surface area contributed by atoms with Crippen molar-refractivity contribution in [1.29, 1.82) is 5.26 Å². The first kappa shape index (κ1) is 15.9. The molecule has 0 atom stereocenters. The number of nitriles is 1. The van der Waals surface area contributed by atoms with Gasteiger partial charge in [0.1, 0.15) is 0 Å². The minimum atomic E-state index is 0.0366. The molecule has 1 saturated carbocycles. The van der Waals surface area contributed by atoms with Crippen LogP contribution in [0.25, 0.3) is 0 Å². The second-order valence-corrected chi connectivity index (χ2v) is 5.94. The van der Waals surface area contributed by atoms with Crippen molar-refractivity contribution in [3.63, 3.8) is 0 Å². The summed E-state index contributed by atoms with van der Waals surface area (Å²) in [4.78, 5) is 0. The molecular weight excluding hydrogens is 288 g/mol. The number of hydrogen-bond acceptors (Lipinski definition) is 4. The Kier molecular flexibility index (Phi) is 5.33. The predicted molar refractivity (Wildman–Crippen MR) is 82.8 cm³/mol. The first-order valence-electron chi connectivity index (χ1n) is 7.21. The first-order valence-corrected chi connectivity index (χ1v) is 7.59. The number of nitrogens with one attached hydrogen (secondary N) is 1. The minimum absolute atomic E-state index is 0.0366. The van der Waals surface area contributed by atoms with E-state index in [9.17, 15) is 0 Å². The summed E-state index contributed by atoms with van der Waals surface area (Å²) in [5, 5.41) is 12.8. The molecule has 1 aromatic carbocycles. The monoisotopic (exact) mass is 308 g/mol. The summed E-state index contributed by atoms with van der Waals surface area (Å²) in [7, 11) is 1.61. The lowest BCUT2D eigenvalue weighted by atomic mass is 10.1. The maximum absolute atomic E-state index is 8.89. The molecule has 0 bridgehead atoms. The van der Waals surface area contributed by atoms with Crippen LogP contribution in [0.4, 0.5) is 0 Å². The number of methoxy groups -OCH3 is 1. The third kappa shape index (κ3) is 4.03. The lowest BCUT2D eigenvalue weighted by Gasteiger charge is -2.19. The fourth-order valence-electron chi connectivity index (χ4n) is 2.27. The smallest absolute Gasteiger partial charge is 0.165 e. The predicted octanol–water partition coefficient (Wildman–Crippen LogP) is 3.53. The SMILES string of the molecule is CCNCc1cc(Cl)cc(OC)c1OCC1(CC#N)CC1. The topological polar surface area (TPSA) is 54.3 Å². The van der Waals surface area contributed by atoms with Gasteiger partial charge < -0.3 is 14.8 Å². The zero-order valence-corrected chi connectivity index (χ0v) is 13.3. The summed E-state index contributed by atoms with van der Waals surface area (Å²) in [6.45, 7) is 4.15. The second kappa shape index (κ2) is 7.02. The Bertz CT molecular complexity index is 536. The van der Waals surface area contributed by atoms with Crippen molar-refractivity contribution in [3.8, 4) is 17.6 Å². The van der Waals surface area contributed by atoms with E-state index in [0.717, 1.165) is 30.7 Å². The number of hydrogen-bond donors (Lipinski definition) is 1. The lowest BCUT2D eigenvalue weighted by molar-refractivity contribution is 0.224. The number of nitrogens with zero attached hydrogens (tertiary/aromatic N) is 1. The molecule has 1 aliphatic rings. The molecule has 0 aromatic heterocycles. The first-order chi connectivity index (χ1) is 10.1. The van der Waals surface area contributed by atoms with Crippen LogP contribution in [-0.4, -0.2) is 20.3 Å². The third-order valence-electron chi connectivity index (χ3n) is 3.82. The van der Waals surface area contributed by atoms with Crippen molar-refractivity contribution in [1.82, 2.24) is 5.32 Å². The summed E-state index contributed by atoms with van der Waals surface area (Å²) in [5.41, 5.74) is 1.02. The van der Waals surface area contributed by atoms with E-state index in [-0.39, 0.29) is 5.41 Å². The summed E-state index contributed by atoms with van der Waals surface area (Å²) >= 11 is 6.13. The molecule has 0 unspecified atom stereocenters. The Hall–Kier alpha value is -1.44. The molecule has 0 aliphatic heterocycles. The molecule has 1 aliphatic carbocycles. The van der Waals surface area contributed by atoms with Gasteiger partial charge in [0.2, 0.25) is 0 Å². The molecule has 1 fully saturated rings. The standard InChI is InChI=1S/C16H21ClN2O2/c1-3-19-10-12-8-13(17)9-14(20-2)15(12)21-11-16(4-5-16)6-7-18/h8-9,19H,3-6,10-11H2,1-2H3. The number of ether oxygens (including phenoxy) is 2. The largest absolute Gasteiger partial charge is 0.493 e. The van der Waals surface area contributed by atoms with E-state index in [1.165, 1.54) is 0 Å². The molecule has 1 N–H and O–H groups in total. The van der Waals surface area contributed by atoms with E-state index in [4.69, 9.17) is 26.3 Å². The normalized spacial score (nSPS) is 15.3. The summed E-state index contributed by atoms with van der Waals surface area (Å²) in [6, 6.07) is 5.90. The van der Waals surface area contributed by atoms with E-state index in [0.29, 0.717) is 30.3 Å². The van der Waals surface area contributed by atoms with E-state index < -0.39 is 0 Å². The molecule has 0 spiro atoms. The maximum atomic E-state index is 8.89. The van der Waals surface area contributed by atoms with Crippen molar-refractivity contribution in [2.45, 2.75) is 32.7 Å². The molecular formula is C16H21ClN2O2. The van der Waals surface area contributed by atoms with Gasteiger partial charge in [-0.1, -0.05) is 18.5 Å². The van der Waals surface area contributed by atoms with Crippen molar-refractivity contribution in [2.75, 3.05) is 20.3 Å². The zero-order valence-electron chi connectivity index (χ0n) is 12.5. The molecule has 0 amide bonds. The van der Waals surface area contributed by atoms with Crippen molar-refractivity contribution in [3.05, 3.63) is 22.7 Å². The van der Waals surface area contributed by atoms with Crippen LogP contribution in [0.5, 0.6) is 11.5 Å². The van der Waals surface area contributed by atoms with E-state index in [1.807, 2.05) is 6.07 Å². The molecule has 5 heteroatoms. The van der Waals surface area contributed by atoms with E-state index in [1.54, 1.807) is 13.2 Å². The molecule has 21 heavy (non-hydrogen) atoms. The zero-order chi connectivity index (χ0) is 15.3. The van der Waals surface area contributed by atoms with Crippen LogP contribution >= 0.6 is 11.6 Å². The van der Waals surface area contributed by atoms with Crippen LogP contribution in [0.3, 0.4) is 0 Å². The van der Waals surface area contributed by atoms with E-state index in [2.05, 4.69) is 18.3 Å². The Morgan fingerprint density at radius 1 is 1.43 bits per heavy atom. The van der Waals surface area contributed by atoms with Crippen LogP contribution in [0, 0.1) is 16.7 Å². The van der Waals surface area contributed by atoms with Gasteiger partial charge in [0.15, 0.2) is 11.5 Å². The van der Waals surface area contributed by atoms with Gasteiger partial charge in [-0.05, 0) is 25.5 Å². The van der Waals surface area contributed by atoms with Gasteiger partial charge >= 0.3 is 0 Å². The van der Waals surface area contributed by atoms with Crippen LogP contribution < -0.4 is 14.8 Å². The summed E-state index contributed by atoms with van der Waals surface area (Å²) in [5.74, 6) is 1.37. The fourth-order valence-corrected chi connectivity index (χ4v) is 2.50. The second-order valence-electron chi connectivity index (χ2n) is 5.50. The highest BCUT2D eigenvalue weighted by atomic mass is 35.5.